The molecule has 0 bridgehead atoms. The Bertz CT molecular complexity index is 550. The second-order valence-electron chi connectivity index (χ2n) is 6.37. The molecule has 1 amide bonds. The van der Waals surface area contributed by atoms with Gasteiger partial charge in [0, 0.05) is 19.6 Å². The number of morpholine rings is 1. The van der Waals surface area contributed by atoms with Gasteiger partial charge in [-0.3, -0.25) is 9.79 Å². The maximum Gasteiger partial charge on any atom is 0.250 e. The van der Waals surface area contributed by atoms with E-state index in [0.717, 1.165) is 6.54 Å². The van der Waals surface area contributed by atoms with Gasteiger partial charge in [0.2, 0.25) is 5.91 Å². The van der Waals surface area contributed by atoms with E-state index in [9.17, 15) is 4.79 Å². The van der Waals surface area contributed by atoms with E-state index in [4.69, 9.17) is 4.74 Å². The van der Waals surface area contributed by atoms with E-state index in [1.807, 2.05) is 29.4 Å². The van der Waals surface area contributed by atoms with Crippen LogP contribution in [0.1, 0.15) is 19.4 Å². The molecule has 0 N–H and O–H groups in total. The van der Waals surface area contributed by atoms with Gasteiger partial charge in [-0.15, -0.1) is 0 Å². The fraction of sp³-hybridized carbons (Fsp3) is 0.529. The van der Waals surface area contributed by atoms with Crippen LogP contribution >= 0.6 is 0 Å². The summed E-state index contributed by atoms with van der Waals surface area (Å²) in [6.45, 7) is 7.52. The van der Waals surface area contributed by atoms with Gasteiger partial charge in [-0.1, -0.05) is 30.3 Å². The molecule has 2 aliphatic rings. The Labute approximate surface area is 131 Å². The molecule has 22 heavy (non-hydrogen) atoms. The van der Waals surface area contributed by atoms with Crippen LogP contribution in [0.25, 0.3) is 0 Å². The molecule has 0 saturated carbocycles. The topological polar surface area (TPSA) is 45.1 Å². The monoisotopic (exact) mass is 301 g/mol. The lowest BCUT2D eigenvalue weighted by atomic mass is 9.93. The van der Waals surface area contributed by atoms with Crippen LogP contribution in [0.3, 0.4) is 0 Å². The van der Waals surface area contributed by atoms with Crippen LogP contribution in [0.2, 0.25) is 0 Å². The van der Waals surface area contributed by atoms with E-state index in [1.54, 1.807) is 0 Å². The zero-order valence-electron chi connectivity index (χ0n) is 13.2. The van der Waals surface area contributed by atoms with E-state index in [0.29, 0.717) is 26.3 Å². The van der Waals surface area contributed by atoms with Crippen LogP contribution in [0.15, 0.2) is 35.3 Å². The number of hydrogen-bond acceptors (Lipinski definition) is 4. The van der Waals surface area contributed by atoms with Crippen molar-refractivity contribution in [1.29, 1.82) is 0 Å². The molecule has 1 aromatic rings. The Balaban J connectivity index is 1.70. The van der Waals surface area contributed by atoms with Gasteiger partial charge in [-0.25, -0.2) is 0 Å². The maximum absolute atomic E-state index is 12.7. The highest BCUT2D eigenvalue weighted by molar-refractivity contribution is 5.87. The smallest absolute Gasteiger partial charge is 0.250 e. The average molecular weight is 301 g/mol. The first-order valence-electron chi connectivity index (χ1n) is 7.79. The lowest BCUT2D eigenvalue weighted by Crippen LogP contribution is -2.54. The number of carbonyl (C=O) groups excluding carboxylic acids is 1. The van der Waals surface area contributed by atoms with Gasteiger partial charge in [0.05, 0.1) is 25.1 Å². The van der Waals surface area contributed by atoms with E-state index >= 15 is 0 Å². The fourth-order valence-electron chi connectivity index (χ4n) is 2.98. The fourth-order valence-corrected chi connectivity index (χ4v) is 2.98. The van der Waals surface area contributed by atoms with Gasteiger partial charge < -0.3 is 14.5 Å². The van der Waals surface area contributed by atoms with Crippen molar-refractivity contribution in [2.75, 3.05) is 26.3 Å². The van der Waals surface area contributed by atoms with Gasteiger partial charge in [-0.05, 0) is 19.4 Å². The molecule has 0 aromatic heterocycles. The molecule has 3 rings (SSSR count). The zero-order valence-corrected chi connectivity index (χ0v) is 13.2. The van der Waals surface area contributed by atoms with E-state index in [1.165, 1.54) is 5.56 Å². The molecule has 1 atom stereocenters. The number of benzene rings is 1. The first-order chi connectivity index (χ1) is 10.6. The van der Waals surface area contributed by atoms with Crippen LogP contribution in [-0.2, 0) is 16.1 Å². The van der Waals surface area contributed by atoms with E-state index < -0.39 is 0 Å². The molecule has 1 aromatic carbocycles. The molecular weight excluding hydrogens is 278 g/mol. The lowest BCUT2D eigenvalue weighted by molar-refractivity contribution is -0.138. The Morgan fingerprint density at radius 1 is 1.27 bits per heavy atom. The summed E-state index contributed by atoms with van der Waals surface area (Å²) in [7, 11) is 0. The summed E-state index contributed by atoms with van der Waals surface area (Å²) in [6.07, 6.45) is 1.83. The lowest BCUT2D eigenvalue weighted by Gasteiger charge is -2.38. The highest BCUT2D eigenvalue weighted by Gasteiger charge is 2.44. The van der Waals surface area contributed by atoms with E-state index in [2.05, 4.69) is 35.9 Å². The predicted molar refractivity (Wildman–Crippen MR) is 85.7 cm³/mol. The van der Waals surface area contributed by atoms with Crippen molar-refractivity contribution in [3.63, 3.8) is 0 Å². The predicted octanol–water partition coefficient (Wildman–Crippen LogP) is 1.54. The summed E-state index contributed by atoms with van der Waals surface area (Å²) in [6, 6.07) is 9.94. The van der Waals surface area contributed by atoms with Gasteiger partial charge in [-0.2, -0.15) is 0 Å². The minimum Gasteiger partial charge on any atom is -0.378 e. The molecule has 1 unspecified atom stereocenters. The second kappa shape index (κ2) is 6.08. The molecule has 1 fully saturated rings. The van der Waals surface area contributed by atoms with Crippen molar-refractivity contribution in [2.45, 2.75) is 32.0 Å². The normalized spacial score (nSPS) is 23.8. The molecular formula is C17H23N3O2. The van der Waals surface area contributed by atoms with Crippen molar-refractivity contribution in [1.82, 2.24) is 9.80 Å². The summed E-state index contributed by atoms with van der Waals surface area (Å²) in [4.78, 5) is 21.3. The van der Waals surface area contributed by atoms with Crippen LogP contribution in [0.4, 0.5) is 0 Å². The summed E-state index contributed by atoms with van der Waals surface area (Å²) in [5.74, 6) is 0.111. The first kappa shape index (κ1) is 15.0. The Morgan fingerprint density at radius 3 is 2.64 bits per heavy atom. The first-order valence-corrected chi connectivity index (χ1v) is 7.79. The number of hydrogen-bond donors (Lipinski definition) is 0. The Kier molecular flexibility index (Phi) is 4.16. The number of nitrogens with zero attached hydrogens (tertiary/aromatic N) is 3. The number of rotatable bonds is 3. The molecule has 5 nitrogen and oxygen atoms in total. The molecule has 0 spiro atoms. The molecule has 2 aliphatic heterocycles. The number of aliphatic imine (C=N–C) groups is 1. The third kappa shape index (κ3) is 2.86. The van der Waals surface area contributed by atoms with Crippen molar-refractivity contribution in [2.24, 2.45) is 4.99 Å². The molecule has 0 radical (unpaired) electrons. The van der Waals surface area contributed by atoms with Crippen LogP contribution in [0, 0.1) is 0 Å². The highest BCUT2D eigenvalue weighted by atomic mass is 16.5. The summed E-state index contributed by atoms with van der Waals surface area (Å²) < 4.78 is 5.32. The SMILES string of the molecule is CC1(C)C(C(=O)N2CCOCC2)N=CN1Cc1ccccc1. The van der Waals surface area contributed by atoms with Crippen molar-refractivity contribution < 1.29 is 9.53 Å². The standard InChI is InChI=1S/C17H23N3O2/c1-17(2)15(16(21)19-8-10-22-11-9-19)18-13-20(17)12-14-6-4-3-5-7-14/h3-7,13,15H,8-12H2,1-2H3. The third-order valence-electron chi connectivity index (χ3n) is 4.52. The largest absolute Gasteiger partial charge is 0.378 e. The van der Waals surface area contributed by atoms with Crippen LogP contribution < -0.4 is 0 Å². The van der Waals surface area contributed by atoms with Crippen LogP contribution in [0.5, 0.6) is 0 Å². The second-order valence-corrected chi connectivity index (χ2v) is 6.37. The minimum absolute atomic E-state index is 0.111. The van der Waals surface area contributed by atoms with Crippen LogP contribution in [-0.4, -0.2) is 59.9 Å². The molecule has 5 heteroatoms. The summed E-state index contributed by atoms with van der Waals surface area (Å²) in [5, 5.41) is 0. The molecule has 118 valence electrons. The summed E-state index contributed by atoms with van der Waals surface area (Å²) in [5.41, 5.74) is 0.909. The zero-order chi connectivity index (χ0) is 15.6. The average Bonchev–Trinajstić information content (AvgIpc) is 2.83. The van der Waals surface area contributed by atoms with Gasteiger partial charge >= 0.3 is 0 Å². The number of carbonyl (C=O) groups is 1. The Hall–Kier alpha value is -1.88. The molecule has 2 heterocycles. The molecule has 1 saturated heterocycles. The Morgan fingerprint density at radius 2 is 1.95 bits per heavy atom. The van der Waals surface area contributed by atoms with Crippen molar-refractivity contribution in [3.05, 3.63) is 35.9 Å². The van der Waals surface area contributed by atoms with Crippen molar-refractivity contribution >= 4 is 12.2 Å². The van der Waals surface area contributed by atoms with Crippen molar-refractivity contribution in [3.8, 4) is 0 Å². The maximum atomic E-state index is 12.7. The quantitative estimate of drug-likeness (QED) is 0.850. The van der Waals surface area contributed by atoms with E-state index in [-0.39, 0.29) is 17.5 Å². The number of amides is 1. The minimum atomic E-state index is -0.339. The number of ether oxygens (including phenoxy) is 1. The van der Waals surface area contributed by atoms with Gasteiger partial charge in [0.25, 0.3) is 0 Å². The third-order valence-corrected chi connectivity index (χ3v) is 4.52. The van der Waals surface area contributed by atoms with Gasteiger partial charge in [0.15, 0.2) is 6.04 Å². The summed E-state index contributed by atoms with van der Waals surface area (Å²) >= 11 is 0. The highest BCUT2D eigenvalue weighted by Crippen LogP contribution is 2.29. The van der Waals surface area contributed by atoms with Gasteiger partial charge in [0.1, 0.15) is 0 Å². The molecule has 0 aliphatic carbocycles.